The maximum Gasteiger partial charge on any atom is 0.260 e. The second-order valence-electron chi connectivity index (χ2n) is 4.13. The van der Waals surface area contributed by atoms with Crippen LogP contribution in [0.2, 0.25) is 5.02 Å². The molecule has 0 aromatic heterocycles. The van der Waals surface area contributed by atoms with Crippen LogP contribution in [0.3, 0.4) is 0 Å². The van der Waals surface area contributed by atoms with Gasteiger partial charge in [-0.3, -0.25) is 0 Å². The molecular weight excluding hydrogens is 220 g/mol. The van der Waals surface area contributed by atoms with Crippen molar-refractivity contribution >= 4 is 11.6 Å². The standard InChI is InChI=1S/C11H12ClF2N/c1-7-2-3-8(4-9(7)12)10(6-15)5-11(10,13)14/h2-4H,5-6,15H2,1H3. The minimum atomic E-state index is -2.68. The molecule has 1 saturated carbocycles. The van der Waals surface area contributed by atoms with Crippen molar-refractivity contribution < 1.29 is 8.78 Å². The normalized spacial score (nSPS) is 27.8. The van der Waals surface area contributed by atoms with E-state index in [-0.39, 0.29) is 13.0 Å². The Balaban J connectivity index is 2.42. The first-order valence-corrected chi connectivity index (χ1v) is 5.15. The van der Waals surface area contributed by atoms with Gasteiger partial charge in [0.15, 0.2) is 0 Å². The molecule has 1 aromatic carbocycles. The Morgan fingerprint density at radius 2 is 2.07 bits per heavy atom. The van der Waals surface area contributed by atoms with Gasteiger partial charge in [0.25, 0.3) is 5.92 Å². The van der Waals surface area contributed by atoms with Gasteiger partial charge in [0.1, 0.15) is 0 Å². The fourth-order valence-electron chi connectivity index (χ4n) is 1.88. The molecule has 0 bridgehead atoms. The monoisotopic (exact) mass is 231 g/mol. The molecule has 1 nitrogen and oxygen atoms in total. The van der Waals surface area contributed by atoms with E-state index in [1.54, 1.807) is 18.2 Å². The Labute approximate surface area is 92.2 Å². The number of alkyl halides is 2. The SMILES string of the molecule is Cc1ccc(C2(CN)CC2(F)F)cc1Cl. The number of aryl methyl sites for hydroxylation is 1. The predicted molar refractivity (Wildman–Crippen MR) is 56.5 cm³/mol. The highest BCUT2D eigenvalue weighted by Gasteiger charge is 2.71. The molecule has 1 fully saturated rings. The van der Waals surface area contributed by atoms with Gasteiger partial charge < -0.3 is 5.73 Å². The summed E-state index contributed by atoms with van der Waals surface area (Å²) in [6, 6.07) is 5.04. The summed E-state index contributed by atoms with van der Waals surface area (Å²) < 4.78 is 26.5. The quantitative estimate of drug-likeness (QED) is 0.832. The highest BCUT2D eigenvalue weighted by Crippen LogP contribution is 2.61. The van der Waals surface area contributed by atoms with Crippen molar-refractivity contribution in [3.05, 3.63) is 34.3 Å². The summed E-state index contributed by atoms with van der Waals surface area (Å²) in [6.45, 7) is 1.80. The van der Waals surface area contributed by atoms with E-state index in [4.69, 9.17) is 17.3 Å². The third kappa shape index (κ3) is 1.45. The minimum absolute atomic E-state index is 0.0423. The molecule has 0 aliphatic heterocycles. The number of halogens is 3. The molecule has 0 amide bonds. The molecular formula is C11H12ClF2N. The van der Waals surface area contributed by atoms with E-state index in [2.05, 4.69) is 0 Å². The lowest BCUT2D eigenvalue weighted by atomic mass is 9.94. The molecule has 0 heterocycles. The van der Waals surface area contributed by atoms with Gasteiger partial charge in [0, 0.05) is 18.0 Å². The van der Waals surface area contributed by atoms with Gasteiger partial charge in [-0.15, -0.1) is 0 Å². The van der Waals surface area contributed by atoms with Crippen LogP contribution in [0.5, 0.6) is 0 Å². The summed E-state index contributed by atoms with van der Waals surface area (Å²) in [5.74, 6) is -2.68. The van der Waals surface area contributed by atoms with E-state index >= 15 is 0 Å². The molecule has 2 rings (SSSR count). The molecule has 1 aliphatic carbocycles. The van der Waals surface area contributed by atoms with Crippen LogP contribution < -0.4 is 5.73 Å². The second-order valence-corrected chi connectivity index (χ2v) is 4.54. The molecule has 1 atom stereocenters. The number of rotatable bonds is 2. The number of hydrogen-bond acceptors (Lipinski definition) is 1. The average Bonchev–Trinajstić information content (AvgIpc) is 2.75. The van der Waals surface area contributed by atoms with Gasteiger partial charge in [-0.1, -0.05) is 23.7 Å². The Hall–Kier alpha value is -0.670. The van der Waals surface area contributed by atoms with Crippen molar-refractivity contribution in [2.75, 3.05) is 6.54 Å². The topological polar surface area (TPSA) is 26.0 Å². The van der Waals surface area contributed by atoms with Gasteiger partial charge in [0.2, 0.25) is 0 Å². The Kier molecular flexibility index (Phi) is 2.28. The van der Waals surface area contributed by atoms with Crippen LogP contribution in [0, 0.1) is 6.92 Å². The number of benzene rings is 1. The molecule has 1 aliphatic rings. The molecule has 2 N–H and O–H groups in total. The van der Waals surface area contributed by atoms with E-state index in [9.17, 15) is 8.78 Å². The molecule has 0 radical (unpaired) electrons. The van der Waals surface area contributed by atoms with Crippen molar-refractivity contribution in [2.45, 2.75) is 24.7 Å². The molecule has 1 aromatic rings. The van der Waals surface area contributed by atoms with Crippen LogP contribution >= 0.6 is 11.6 Å². The van der Waals surface area contributed by atoms with Crippen LogP contribution in [0.25, 0.3) is 0 Å². The van der Waals surface area contributed by atoms with E-state index in [1.165, 1.54) is 0 Å². The van der Waals surface area contributed by atoms with Gasteiger partial charge >= 0.3 is 0 Å². The Bertz CT molecular complexity index is 406. The summed E-state index contributed by atoms with van der Waals surface area (Å²) >= 11 is 5.91. The van der Waals surface area contributed by atoms with Crippen molar-refractivity contribution in [2.24, 2.45) is 5.73 Å². The van der Waals surface area contributed by atoms with E-state index < -0.39 is 11.3 Å². The third-order valence-electron chi connectivity index (χ3n) is 3.17. The molecule has 15 heavy (non-hydrogen) atoms. The van der Waals surface area contributed by atoms with E-state index in [1.807, 2.05) is 6.92 Å². The maximum atomic E-state index is 13.2. The smallest absolute Gasteiger partial charge is 0.260 e. The summed E-state index contributed by atoms with van der Waals surface area (Å²) in [4.78, 5) is 0. The lowest BCUT2D eigenvalue weighted by Gasteiger charge is -2.15. The van der Waals surface area contributed by atoms with E-state index in [0.29, 0.717) is 10.6 Å². The lowest BCUT2D eigenvalue weighted by molar-refractivity contribution is 0.0896. The molecule has 82 valence electrons. The summed E-state index contributed by atoms with van der Waals surface area (Å²) in [5.41, 5.74) is 5.70. The first-order chi connectivity index (χ1) is 6.93. The van der Waals surface area contributed by atoms with Crippen LogP contribution in [0.15, 0.2) is 18.2 Å². The van der Waals surface area contributed by atoms with E-state index in [0.717, 1.165) is 5.56 Å². The van der Waals surface area contributed by atoms with Crippen LogP contribution in [0.1, 0.15) is 17.5 Å². The Morgan fingerprint density at radius 3 is 2.47 bits per heavy atom. The van der Waals surface area contributed by atoms with Crippen molar-refractivity contribution in [1.29, 1.82) is 0 Å². The highest BCUT2D eigenvalue weighted by atomic mass is 35.5. The zero-order valence-corrected chi connectivity index (χ0v) is 9.11. The van der Waals surface area contributed by atoms with Crippen LogP contribution in [0.4, 0.5) is 8.78 Å². The van der Waals surface area contributed by atoms with Crippen LogP contribution in [-0.2, 0) is 5.41 Å². The molecule has 4 heteroatoms. The maximum absolute atomic E-state index is 13.2. The zero-order valence-electron chi connectivity index (χ0n) is 8.36. The molecule has 1 unspecified atom stereocenters. The summed E-state index contributed by atoms with van der Waals surface area (Å²) in [5, 5.41) is 0.517. The zero-order chi connectivity index (χ0) is 11.3. The third-order valence-corrected chi connectivity index (χ3v) is 3.58. The fraction of sp³-hybridized carbons (Fsp3) is 0.455. The second kappa shape index (κ2) is 3.16. The number of nitrogens with two attached hydrogens (primary N) is 1. The van der Waals surface area contributed by atoms with Gasteiger partial charge in [0.05, 0.1) is 5.41 Å². The van der Waals surface area contributed by atoms with Crippen molar-refractivity contribution in [1.82, 2.24) is 0 Å². The molecule has 0 saturated heterocycles. The average molecular weight is 232 g/mol. The summed E-state index contributed by atoms with van der Waals surface area (Å²) in [7, 11) is 0. The van der Waals surface area contributed by atoms with Crippen LogP contribution in [-0.4, -0.2) is 12.5 Å². The minimum Gasteiger partial charge on any atom is -0.329 e. The summed E-state index contributed by atoms with van der Waals surface area (Å²) in [6.07, 6.45) is -0.171. The largest absolute Gasteiger partial charge is 0.329 e. The highest BCUT2D eigenvalue weighted by molar-refractivity contribution is 6.31. The first kappa shape index (κ1) is 10.8. The fourth-order valence-corrected chi connectivity index (χ4v) is 2.06. The van der Waals surface area contributed by atoms with Gasteiger partial charge in [-0.2, -0.15) is 0 Å². The van der Waals surface area contributed by atoms with Gasteiger partial charge in [-0.05, 0) is 24.1 Å². The Morgan fingerprint density at radius 1 is 1.47 bits per heavy atom. The van der Waals surface area contributed by atoms with Gasteiger partial charge in [-0.25, -0.2) is 8.78 Å². The number of hydrogen-bond donors (Lipinski definition) is 1. The predicted octanol–water partition coefficient (Wildman–Crippen LogP) is 2.88. The van der Waals surface area contributed by atoms with Crippen molar-refractivity contribution in [3.8, 4) is 0 Å². The first-order valence-electron chi connectivity index (χ1n) is 4.77. The molecule has 0 spiro atoms. The lowest BCUT2D eigenvalue weighted by Crippen LogP contribution is -2.26. The van der Waals surface area contributed by atoms with Crippen molar-refractivity contribution in [3.63, 3.8) is 0 Å².